The van der Waals surface area contributed by atoms with Crippen molar-refractivity contribution in [3.05, 3.63) is 59.7 Å². The van der Waals surface area contributed by atoms with Crippen molar-refractivity contribution in [1.82, 2.24) is 0 Å². The third-order valence-corrected chi connectivity index (χ3v) is 6.50. The van der Waals surface area contributed by atoms with Crippen molar-refractivity contribution < 1.29 is 14.6 Å². The number of carbonyl (C=O) groups is 1. The number of carbonyl (C=O) groups excluding carboxylic acids is 1. The first-order valence-electron chi connectivity index (χ1n) is 12.2. The third kappa shape index (κ3) is 9.87. The average molecular weight is 504 g/mol. The zero-order valence-corrected chi connectivity index (χ0v) is 21.4. The molecule has 0 N–H and O–H groups in total. The molecule has 0 saturated carbocycles. The van der Waals surface area contributed by atoms with Crippen molar-refractivity contribution in [2.24, 2.45) is 5.92 Å². The molecule has 0 saturated heterocycles. The monoisotopic (exact) mass is 502 g/mol. The van der Waals surface area contributed by atoms with Gasteiger partial charge in [-0.1, -0.05) is 111 Å². The molecule has 0 spiro atoms. The summed E-state index contributed by atoms with van der Waals surface area (Å²) in [4.78, 5) is 22.8. The van der Waals surface area contributed by atoms with Gasteiger partial charge < -0.3 is 0 Å². The molecule has 2 aromatic rings. The molecule has 0 fully saturated rings. The molecule has 2 aromatic carbocycles. The van der Waals surface area contributed by atoms with Gasteiger partial charge in [-0.25, -0.2) is 4.79 Å². The van der Waals surface area contributed by atoms with Gasteiger partial charge in [0.15, 0.2) is 0 Å². The van der Waals surface area contributed by atoms with E-state index in [1.54, 1.807) is 0 Å². The Morgan fingerprint density at radius 1 is 0.906 bits per heavy atom. The van der Waals surface area contributed by atoms with Gasteiger partial charge in [0.05, 0.1) is 12.2 Å². The highest BCUT2D eigenvalue weighted by molar-refractivity contribution is 9.09. The lowest BCUT2D eigenvalue weighted by Gasteiger charge is -2.15. The average Bonchev–Trinajstić information content (AvgIpc) is 2.82. The molecule has 0 amide bonds. The van der Waals surface area contributed by atoms with Gasteiger partial charge in [-0.15, -0.1) is 0 Å². The van der Waals surface area contributed by atoms with E-state index in [4.69, 9.17) is 9.78 Å². The van der Waals surface area contributed by atoms with E-state index in [9.17, 15) is 4.79 Å². The van der Waals surface area contributed by atoms with Gasteiger partial charge >= 0.3 is 5.97 Å². The second-order valence-corrected chi connectivity index (χ2v) is 9.46. The Kier molecular flexibility index (Phi) is 13.3. The largest absolute Gasteiger partial charge is 0.373 e. The number of rotatable bonds is 16. The lowest BCUT2D eigenvalue weighted by atomic mass is 9.90. The number of hydrogen-bond acceptors (Lipinski definition) is 3. The summed E-state index contributed by atoms with van der Waals surface area (Å²) in [7, 11) is 0. The molecule has 0 bridgehead atoms. The van der Waals surface area contributed by atoms with Crippen molar-refractivity contribution in [2.45, 2.75) is 78.1 Å². The fraction of sp³-hybridized carbons (Fsp3) is 0.536. The number of alkyl halides is 1. The summed E-state index contributed by atoms with van der Waals surface area (Å²) in [6, 6.07) is 16.2. The Balaban J connectivity index is 1.79. The zero-order chi connectivity index (χ0) is 23.0. The number of halogens is 1. The predicted octanol–water partition coefficient (Wildman–Crippen LogP) is 8.55. The van der Waals surface area contributed by atoms with Crippen LogP contribution in [0.15, 0.2) is 48.5 Å². The maximum atomic E-state index is 12.5. The Labute approximate surface area is 203 Å². The Morgan fingerprint density at radius 2 is 1.56 bits per heavy atom. The van der Waals surface area contributed by atoms with Gasteiger partial charge in [0.25, 0.3) is 0 Å². The normalized spacial score (nSPS) is 12.0. The molecule has 1 unspecified atom stereocenters. The highest BCUT2D eigenvalue weighted by atomic mass is 79.9. The maximum Gasteiger partial charge on any atom is 0.373 e. The highest BCUT2D eigenvalue weighted by Gasteiger charge is 2.14. The predicted molar refractivity (Wildman–Crippen MR) is 137 cm³/mol. The molecule has 4 heteroatoms. The molecule has 176 valence electrons. The van der Waals surface area contributed by atoms with Gasteiger partial charge in [-0.3, -0.25) is 4.89 Å². The first kappa shape index (κ1) is 26.6. The van der Waals surface area contributed by atoms with Crippen molar-refractivity contribution in [3.8, 4) is 11.1 Å². The molecule has 0 heterocycles. The fourth-order valence-electron chi connectivity index (χ4n) is 3.77. The molecule has 0 aliphatic rings. The summed E-state index contributed by atoms with van der Waals surface area (Å²) in [5, 5.41) is 1.11. The van der Waals surface area contributed by atoms with Gasteiger partial charge in [0.2, 0.25) is 0 Å². The summed E-state index contributed by atoms with van der Waals surface area (Å²) in [5.41, 5.74) is 4.07. The van der Waals surface area contributed by atoms with Crippen molar-refractivity contribution >= 4 is 21.9 Å². The molecular weight excluding hydrogens is 464 g/mol. The number of hydrogen-bond donors (Lipinski definition) is 0. The van der Waals surface area contributed by atoms with E-state index in [0.29, 0.717) is 18.1 Å². The summed E-state index contributed by atoms with van der Waals surface area (Å²) < 4.78 is 0. The van der Waals surface area contributed by atoms with Crippen LogP contribution >= 0.6 is 15.9 Å². The first-order valence-corrected chi connectivity index (χ1v) is 13.4. The van der Waals surface area contributed by atoms with E-state index in [2.05, 4.69) is 41.9 Å². The molecule has 0 aliphatic carbocycles. The summed E-state index contributed by atoms with van der Waals surface area (Å²) >= 11 is 3.47. The minimum absolute atomic E-state index is 0.415. The Morgan fingerprint density at radius 3 is 2.22 bits per heavy atom. The van der Waals surface area contributed by atoms with Crippen LogP contribution in [-0.2, 0) is 16.2 Å². The smallest absolute Gasteiger partial charge is 0.293 e. The second kappa shape index (κ2) is 16.0. The minimum Gasteiger partial charge on any atom is -0.293 e. The fourth-order valence-corrected chi connectivity index (χ4v) is 4.16. The van der Waals surface area contributed by atoms with Crippen LogP contribution in [-0.4, -0.2) is 17.9 Å². The molecule has 0 aliphatic heterocycles. The van der Waals surface area contributed by atoms with Crippen LogP contribution in [0.5, 0.6) is 0 Å². The standard InChI is InChI=1S/C28H39BrO3/c1-3-23(2)21-26-22-25(17-18-27(26)24-15-11-10-12-16-24)28(30)32-31-20-14-9-7-5-4-6-8-13-19-29/h10-12,15-18,22-23H,3-9,13-14,19-21H2,1-2H3. The lowest BCUT2D eigenvalue weighted by molar-refractivity contribution is -0.241. The number of unbranched alkanes of at least 4 members (excludes halogenated alkanes) is 7. The lowest BCUT2D eigenvalue weighted by Crippen LogP contribution is -2.09. The molecule has 3 nitrogen and oxygen atoms in total. The van der Waals surface area contributed by atoms with Crippen LogP contribution in [0.1, 0.15) is 87.6 Å². The van der Waals surface area contributed by atoms with E-state index < -0.39 is 5.97 Å². The van der Waals surface area contributed by atoms with Gasteiger partial charge in [-0.05, 0) is 54.0 Å². The van der Waals surface area contributed by atoms with Gasteiger partial charge in [0.1, 0.15) is 0 Å². The zero-order valence-electron chi connectivity index (χ0n) is 19.8. The van der Waals surface area contributed by atoms with Gasteiger partial charge in [0, 0.05) is 5.33 Å². The van der Waals surface area contributed by atoms with Gasteiger partial charge in [-0.2, -0.15) is 4.89 Å². The van der Waals surface area contributed by atoms with E-state index in [-0.39, 0.29) is 0 Å². The maximum absolute atomic E-state index is 12.5. The van der Waals surface area contributed by atoms with Crippen LogP contribution < -0.4 is 0 Å². The van der Waals surface area contributed by atoms with Crippen LogP contribution in [0.2, 0.25) is 0 Å². The molecule has 0 radical (unpaired) electrons. The summed E-state index contributed by atoms with van der Waals surface area (Å²) in [6.07, 6.45) is 11.8. The van der Waals surface area contributed by atoms with Crippen LogP contribution in [0.3, 0.4) is 0 Å². The molecular formula is C28H39BrO3. The highest BCUT2D eigenvalue weighted by Crippen LogP contribution is 2.28. The Hall–Kier alpha value is -1.65. The van der Waals surface area contributed by atoms with Crippen molar-refractivity contribution in [2.75, 3.05) is 11.9 Å². The van der Waals surface area contributed by atoms with E-state index >= 15 is 0 Å². The van der Waals surface area contributed by atoms with Crippen molar-refractivity contribution in [3.63, 3.8) is 0 Å². The summed E-state index contributed by atoms with van der Waals surface area (Å²) in [5.74, 6) is 0.131. The van der Waals surface area contributed by atoms with Crippen LogP contribution in [0.25, 0.3) is 11.1 Å². The molecule has 32 heavy (non-hydrogen) atoms. The van der Waals surface area contributed by atoms with E-state index in [1.165, 1.54) is 55.2 Å². The molecule has 0 aromatic heterocycles. The minimum atomic E-state index is -0.415. The first-order chi connectivity index (χ1) is 15.7. The summed E-state index contributed by atoms with van der Waals surface area (Å²) in [6.45, 7) is 4.90. The molecule has 2 rings (SSSR count). The molecule has 1 atom stereocenters. The SMILES string of the molecule is CCC(C)Cc1cc(C(=O)OOCCCCCCCCCCBr)ccc1-c1ccccc1. The van der Waals surface area contributed by atoms with E-state index in [0.717, 1.165) is 31.0 Å². The van der Waals surface area contributed by atoms with E-state index in [1.807, 2.05) is 36.4 Å². The van der Waals surface area contributed by atoms with Crippen LogP contribution in [0, 0.1) is 5.92 Å². The van der Waals surface area contributed by atoms with Crippen LogP contribution in [0.4, 0.5) is 0 Å². The topological polar surface area (TPSA) is 35.5 Å². The second-order valence-electron chi connectivity index (χ2n) is 8.67. The quantitative estimate of drug-likeness (QED) is 0.0996. The third-order valence-electron chi connectivity index (χ3n) is 5.94. The van der Waals surface area contributed by atoms with Crippen molar-refractivity contribution in [1.29, 1.82) is 0 Å². The number of benzene rings is 2. The Bertz CT molecular complexity index is 776.